The Labute approximate surface area is 166 Å². The van der Waals surface area contributed by atoms with Crippen LogP contribution in [0.1, 0.15) is 0 Å². The van der Waals surface area contributed by atoms with E-state index in [4.69, 9.17) is 12.2 Å². The second-order valence-electron chi connectivity index (χ2n) is 6.39. The van der Waals surface area contributed by atoms with Crippen molar-refractivity contribution in [1.29, 1.82) is 0 Å². The molecular weight excluding hydrogens is 383 g/mol. The van der Waals surface area contributed by atoms with E-state index in [9.17, 15) is 13.2 Å². The third-order valence-electron chi connectivity index (χ3n) is 4.55. The van der Waals surface area contributed by atoms with Crippen LogP contribution < -0.4 is 14.7 Å². The highest BCUT2D eigenvalue weighted by molar-refractivity contribution is 7.80. The van der Waals surface area contributed by atoms with Gasteiger partial charge in [-0.15, -0.1) is 0 Å². The van der Waals surface area contributed by atoms with Crippen LogP contribution in [0.3, 0.4) is 0 Å². The Hall–Kier alpha value is -3.06. The predicted molar refractivity (Wildman–Crippen MR) is 109 cm³/mol. The van der Waals surface area contributed by atoms with Gasteiger partial charge in [0, 0.05) is 17.1 Å². The average molecular weight is 399 g/mol. The van der Waals surface area contributed by atoms with E-state index in [0.29, 0.717) is 18.4 Å². The molecule has 7 heteroatoms. The monoisotopic (exact) mass is 399 g/mol. The van der Waals surface area contributed by atoms with Gasteiger partial charge in [0.1, 0.15) is 17.5 Å². The summed E-state index contributed by atoms with van der Waals surface area (Å²) in [6.45, 7) is 0.821. The lowest BCUT2D eigenvalue weighted by molar-refractivity contribution is 0.627. The van der Waals surface area contributed by atoms with Crippen LogP contribution in [-0.2, 0) is 0 Å². The van der Waals surface area contributed by atoms with Gasteiger partial charge in [-0.3, -0.25) is 0 Å². The SMILES string of the molecule is Fc1ccc(N2CN(c3ccc(F)cc3)C(=S)N(c3ccc(F)cc3)C2)cc1. The van der Waals surface area contributed by atoms with E-state index in [1.54, 1.807) is 36.4 Å². The molecule has 1 saturated heterocycles. The first-order valence-corrected chi connectivity index (χ1v) is 9.03. The van der Waals surface area contributed by atoms with Crippen LogP contribution in [0, 0.1) is 17.5 Å². The molecule has 0 bridgehead atoms. The second-order valence-corrected chi connectivity index (χ2v) is 6.76. The molecule has 28 heavy (non-hydrogen) atoms. The minimum absolute atomic E-state index is 0.318. The number of rotatable bonds is 3. The summed E-state index contributed by atoms with van der Waals surface area (Å²) in [5.41, 5.74) is 2.26. The smallest absolute Gasteiger partial charge is 0.183 e. The molecular formula is C21H16F3N3S. The third-order valence-corrected chi connectivity index (χ3v) is 5.00. The fourth-order valence-corrected chi connectivity index (χ4v) is 3.42. The largest absolute Gasteiger partial charge is 0.335 e. The van der Waals surface area contributed by atoms with Crippen LogP contribution >= 0.6 is 12.2 Å². The van der Waals surface area contributed by atoms with Gasteiger partial charge in [0.2, 0.25) is 0 Å². The Bertz CT molecular complexity index is 918. The highest BCUT2D eigenvalue weighted by atomic mass is 32.1. The lowest BCUT2D eigenvalue weighted by Crippen LogP contribution is -2.58. The maximum absolute atomic E-state index is 13.4. The van der Waals surface area contributed by atoms with Crippen LogP contribution in [0.2, 0.25) is 0 Å². The molecule has 1 heterocycles. The van der Waals surface area contributed by atoms with Crippen LogP contribution in [0.4, 0.5) is 30.2 Å². The van der Waals surface area contributed by atoms with Gasteiger partial charge < -0.3 is 14.7 Å². The van der Waals surface area contributed by atoms with E-state index < -0.39 is 0 Å². The van der Waals surface area contributed by atoms with Crippen molar-refractivity contribution in [2.75, 3.05) is 28.0 Å². The minimum Gasteiger partial charge on any atom is -0.335 e. The Kier molecular flexibility index (Phi) is 4.92. The number of hydrogen-bond acceptors (Lipinski definition) is 2. The van der Waals surface area contributed by atoms with Crippen molar-refractivity contribution in [1.82, 2.24) is 0 Å². The minimum atomic E-state index is -0.336. The number of benzene rings is 3. The summed E-state index contributed by atoms with van der Waals surface area (Å²) in [5.74, 6) is -0.989. The lowest BCUT2D eigenvalue weighted by Gasteiger charge is -2.45. The van der Waals surface area contributed by atoms with Gasteiger partial charge in [-0.1, -0.05) is 0 Å². The standard InChI is InChI=1S/C21H16F3N3S/c22-15-1-7-18(8-2-15)25-13-26(19-9-3-16(23)4-10-19)21(28)27(14-25)20-11-5-17(24)6-12-20/h1-12H,13-14H2. The molecule has 3 aromatic rings. The first-order valence-electron chi connectivity index (χ1n) is 8.62. The fraction of sp³-hybridized carbons (Fsp3) is 0.0952. The van der Waals surface area contributed by atoms with Gasteiger partial charge in [0.05, 0.1) is 13.3 Å². The van der Waals surface area contributed by atoms with Crippen molar-refractivity contribution in [3.63, 3.8) is 0 Å². The molecule has 0 N–H and O–H groups in total. The van der Waals surface area contributed by atoms with Crippen molar-refractivity contribution in [2.24, 2.45) is 0 Å². The van der Waals surface area contributed by atoms with Gasteiger partial charge in [-0.25, -0.2) is 13.2 Å². The number of thiocarbonyl (C=S) groups is 1. The first kappa shape index (κ1) is 18.3. The molecule has 0 amide bonds. The Morgan fingerprint density at radius 3 is 1.21 bits per heavy atom. The summed E-state index contributed by atoms with van der Waals surface area (Å²) in [7, 11) is 0. The zero-order valence-corrected chi connectivity index (χ0v) is 15.5. The van der Waals surface area contributed by atoms with Crippen molar-refractivity contribution in [3.8, 4) is 0 Å². The van der Waals surface area contributed by atoms with E-state index >= 15 is 0 Å². The molecule has 1 aliphatic heterocycles. The summed E-state index contributed by atoms with van der Waals surface area (Å²) < 4.78 is 40.1. The molecule has 0 unspecified atom stereocenters. The molecule has 0 spiro atoms. The van der Waals surface area contributed by atoms with Crippen LogP contribution in [0.5, 0.6) is 0 Å². The summed E-state index contributed by atoms with van der Waals surface area (Å²) in [4.78, 5) is 5.71. The van der Waals surface area contributed by atoms with Crippen LogP contribution in [0.25, 0.3) is 0 Å². The maximum atomic E-state index is 13.4. The van der Waals surface area contributed by atoms with E-state index in [1.807, 2.05) is 14.7 Å². The summed E-state index contributed by atoms with van der Waals surface area (Å²) in [6.07, 6.45) is 0. The van der Waals surface area contributed by atoms with E-state index in [-0.39, 0.29) is 17.5 Å². The number of anilines is 3. The Balaban J connectivity index is 1.72. The molecule has 0 radical (unpaired) electrons. The van der Waals surface area contributed by atoms with Gasteiger partial charge >= 0.3 is 0 Å². The van der Waals surface area contributed by atoms with Crippen LogP contribution in [-0.4, -0.2) is 18.4 Å². The van der Waals surface area contributed by atoms with E-state index in [2.05, 4.69) is 0 Å². The predicted octanol–water partition coefficient (Wildman–Crippen LogP) is 5.14. The van der Waals surface area contributed by atoms with Gasteiger partial charge in [0.25, 0.3) is 0 Å². The van der Waals surface area contributed by atoms with Gasteiger partial charge in [-0.2, -0.15) is 0 Å². The average Bonchev–Trinajstić information content (AvgIpc) is 2.70. The van der Waals surface area contributed by atoms with E-state index in [1.165, 1.54) is 36.4 Å². The molecule has 1 aliphatic rings. The van der Waals surface area contributed by atoms with E-state index in [0.717, 1.165) is 17.1 Å². The normalized spacial score (nSPS) is 14.5. The Morgan fingerprint density at radius 1 is 0.536 bits per heavy atom. The molecule has 4 rings (SSSR count). The molecule has 0 aliphatic carbocycles. The highest BCUT2D eigenvalue weighted by Crippen LogP contribution is 2.28. The maximum Gasteiger partial charge on any atom is 0.183 e. The van der Waals surface area contributed by atoms with Crippen molar-refractivity contribution in [3.05, 3.63) is 90.2 Å². The molecule has 3 aromatic carbocycles. The van der Waals surface area contributed by atoms with Gasteiger partial charge in [-0.05, 0) is 85.0 Å². The second kappa shape index (κ2) is 7.52. The number of nitrogens with zero attached hydrogens (tertiary/aromatic N) is 3. The molecule has 1 fully saturated rings. The summed E-state index contributed by atoms with van der Waals surface area (Å²) in [5, 5.41) is 0.511. The number of hydrogen-bond donors (Lipinski definition) is 0. The highest BCUT2D eigenvalue weighted by Gasteiger charge is 2.29. The molecule has 0 aromatic heterocycles. The fourth-order valence-electron chi connectivity index (χ4n) is 3.09. The molecule has 0 saturated carbocycles. The summed E-state index contributed by atoms with van der Waals surface area (Å²) >= 11 is 5.68. The van der Waals surface area contributed by atoms with Crippen molar-refractivity contribution < 1.29 is 13.2 Å². The quantitative estimate of drug-likeness (QED) is 0.564. The van der Waals surface area contributed by atoms with Crippen LogP contribution in [0.15, 0.2) is 72.8 Å². The molecule has 142 valence electrons. The zero-order chi connectivity index (χ0) is 19.7. The Morgan fingerprint density at radius 2 is 0.857 bits per heavy atom. The van der Waals surface area contributed by atoms with Crippen molar-refractivity contribution in [2.45, 2.75) is 0 Å². The third kappa shape index (κ3) is 3.66. The lowest BCUT2D eigenvalue weighted by atomic mass is 10.2. The van der Waals surface area contributed by atoms with Gasteiger partial charge in [0.15, 0.2) is 5.11 Å². The van der Waals surface area contributed by atoms with Crippen molar-refractivity contribution >= 4 is 34.4 Å². The molecule has 0 atom stereocenters. The zero-order valence-electron chi connectivity index (χ0n) is 14.7. The topological polar surface area (TPSA) is 9.72 Å². The summed E-state index contributed by atoms with van der Waals surface area (Å²) in [6, 6.07) is 18.3. The molecule has 3 nitrogen and oxygen atoms in total. The first-order chi connectivity index (χ1) is 13.5. The number of halogens is 3.